The number of fused-ring (bicyclic) bond motifs is 1. The molecule has 1 aliphatic carbocycles. The van der Waals surface area contributed by atoms with Crippen LogP contribution in [-0.4, -0.2) is 71.9 Å². The molecule has 6 unspecified atom stereocenters. The van der Waals surface area contributed by atoms with Gasteiger partial charge < -0.3 is 30.1 Å². The topological polar surface area (TPSA) is 135 Å². The van der Waals surface area contributed by atoms with Crippen LogP contribution in [0, 0.1) is 5.82 Å². The second-order valence-corrected chi connectivity index (χ2v) is 8.89. The molecule has 12 heteroatoms. The van der Waals surface area contributed by atoms with Gasteiger partial charge >= 0.3 is 0 Å². The zero-order valence-electron chi connectivity index (χ0n) is 18.1. The van der Waals surface area contributed by atoms with E-state index in [1.54, 1.807) is 12.1 Å². The minimum absolute atomic E-state index is 0.0229. The summed E-state index contributed by atoms with van der Waals surface area (Å²) in [6.45, 7) is -0.0756. The molecule has 2 fully saturated rings. The van der Waals surface area contributed by atoms with Crippen LogP contribution in [0.2, 0.25) is 5.28 Å². The Morgan fingerprint density at radius 2 is 1.97 bits per heavy atom. The second kappa shape index (κ2) is 9.68. The monoisotopic (exact) mass is 493 g/mol. The minimum atomic E-state index is -1.28. The third-order valence-electron chi connectivity index (χ3n) is 6.34. The van der Waals surface area contributed by atoms with E-state index in [0.29, 0.717) is 23.6 Å². The van der Waals surface area contributed by atoms with Crippen LogP contribution in [0.3, 0.4) is 0 Å². The summed E-state index contributed by atoms with van der Waals surface area (Å²) in [5.41, 5.74) is 1.63. The van der Waals surface area contributed by atoms with Crippen molar-refractivity contribution in [2.45, 2.75) is 62.6 Å². The number of halogens is 2. The van der Waals surface area contributed by atoms with E-state index < -0.39 is 31.1 Å². The number of aliphatic hydroxyl groups is 3. The second-order valence-electron chi connectivity index (χ2n) is 8.55. The van der Waals surface area contributed by atoms with Crippen molar-refractivity contribution in [2.24, 2.45) is 0 Å². The molecule has 10 nitrogen and oxygen atoms in total. The number of imidazole rings is 1. The normalized spacial score (nSPS) is 29.2. The summed E-state index contributed by atoms with van der Waals surface area (Å²) in [6, 6.07) is 6.17. The van der Waals surface area contributed by atoms with Crippen molar-refractivity contribution in [3.63, 3.8) is 0 Å². The molecule has 34 heavy (non-hydrogen) atoms. The van der Waals surface area contributed by atoms with Crippen molar-refractivity contribution in [3.05, 3.63) is 47.3 Å². The van der Waals surface area contributed by atoms with Crippen LogP contribution >= 0.6 is 11.6 Å². The number of benzene rings is 1. The van der Waals surface area contributed by atoms with E-state index in [1.165, 1.54) is 23.0 Å². The van der Waals surface area contributed by atoms with Crippen molar-refractivity contribution in [3.8, 4) is 0 Å². The van der Waals surface area contributed by atoms with Gasteiger partial charge in [0.25, 0.3) is 0 Å². The fourth-order valence-corrected chi connectivity index (χ4v) is 4.70. The molecule has 0 radical (unpaired) electrons. The largest absolute Gasteiger partial charge is 0.394 e. The molecule has 0 spiro atoms. The zero-order valence-corrected chi connectivity index (χ0v) is 18.8. The third-order valence-corrected chi connectivity index (χ3v) is 6.51. The highest BCUT2D eigenvalue weighted by Crippen LogP contribution is 2.34. The number of nitrogens with zero attached hydrogens (tertiary/aromatic N) is 4. The molecule has 182 valence electrons. The Kier molecular flexibility index (Phi) is 6.65. The molecule has 1 aliphatic heterocycles. The molecule has 1 saturated carbocycles. The molecule has 3 aromatic rings. The number of hydrogen-bond donors (Lipinski definition) is 4. The van der Waals surface area contributed by atoms with Gasteiger partial charge in [-0.05, 0) is 48.6 Å². The standard InChI is InChI=1S/C22H25ClFN5O5/c23-22-27-19(26-13-2-1-3-14(13)33-9-11-4-6-12(24)7-5-11)16-20(28-22)29(10-25-16)21-18(32)17(31)15(8-30)34-21/h4-7,10,13-15,17-18,21,30-32H,1-3,8-9H2,(H,26,27,28). The van der Waals surface area contributed by atoms with Crippen molar-refractivity contribution in [1.29, 1.82) is 0 Å². The lowest BCUT2D eigenvalue weighted by atomic mass is 10.1. The van der Waals surface area contributed by atoms with Gasteiger partial charge in [0.15, 0.2) is 23.2 Å². The number of ether oxygens (including phenoxy) is 2. The van der Waals surface area contributed by atoms with Crippen molar-refractivity contribution in [2.75, 3.05) is 11.9 Å². The highest BCUT2D eigenvalue weighted by Gasteiger charge is 2.44. The summed E-state index contributed by atoms with van der Waals surface area (Å²) >= 11 is 6.20. The minimum Gasteiger partial charge on any atom is -0.394 e. The van der Waals surface area contributed by atoms with E-state index in [4.69, 9.17) is 21.1 Å². The number of anilines is 1. The lowest BCUT2D eigenvalue weighted by Gasteiger charge is -2.22. The third kappa shape index (κ3) is 4.47. The van der Waals surface area contributed by atoms with Gasteiger partial charge in [0.05, 0.1) is 31.7 Å². The summed E-state index contributed by atoms with van der Waals surface area (Å²) in [5, 5.41) is 33.2. The van der Waals surface area contributed by atoms with E-state index in [-0.39, 0.29) is 23.2 Å². The van der Waals surface area contributed by atoms with Crippen molar-refractivity contribution < 1.29 is 29.2 Å². The number of hydrogen-bond acceptors (Lipinski definition) is 9. The lowest BCUT2D eigenvalue weighted by molar-refractivity contribution is -0.0511. The Morgan fingerprint density at radius 3 is 2.71 bits per heavy atom. The first-order valence-electron chi connectivity index (χ1n) is 11.1. The molecule has 0 bridgehead atoms. The summed E-state index contributed by atoms with van der Waals surface area (Å²) in [7, 11) is 0. The van der Waals surface area contributed by atoms with Crippen molar-refractivity contribution in [1.82, 2.24) is 19.5 Å². The lowest BCUT2D eigenvalue weighted by Crippen LogP contribution is -2.33. The van der Waals surface area contributed by atoms with Gasteiger partial charge in [0, 0.05) is 0 Å². The Hall–Kier alpha value is -2.41. The molecular weight excluding hydrogens is 469 g/mol. The molecule has 2 aliphatic rings. The molecule has 5 rings (SSSR count). The maximum atomic E-state index is 13.1. The highest BCUT2D eigenvalue weighted by molar-refractivity contribution is 6.28. The van der Waals surface area contributed by atoms with Gasteiger partial charge in [0.2, 0.25) is 5.28 Å². The van der Waals surface area contributed by atoms with E-state index >= 15 is 0 Å². The molecule has 1 saturated heterocycles. The maximum absolute atomic E-state index is 13.1. The predicted octanol–water partition coefficient (Wildman–Crippen LogP) is 1.78. The Morgan fingerprint density at radius 1 is 1.18 bits per heavy atom. The van der Waals surface area contributed by atoms with Gasteiger partial charge in [0.1, 0.15) is 24.1 Å². The van der Waals surface area contributed by atoms with E-state index in [0.717, 1.165) is 24.8 Å². The van der Waals surface area contributed by atoms with Gasteiger partial charge in [-0.15, -0.1) is 0 Å². The summed E-state index contributed by atoms with van der Waals surface area (Å²) in [5.74, 6) is 0.132. The van der Waals surface area contributed by atoms with Gasteiger partial charge in [-0.25, -0.2) is 9.37 Å². The summed E-state index contributed by atoms with van der Waals surface area (Å²) < 4.78 is 26.3. The fraction of sp³-hybridized carbons (Fsp3) is 0.500. The molecule has 6 atom stereocenters. The SMILES string of the molecule is OCC1OC(n2cnc3c(NC4CCCC4OCc4ccc(F)cc4)nc(Cl)nc32)C(O)C1O. The van der Waals surface area contributed by atoms with Gasteiger partial charge in [-0.2, -0.15) is 9.97 Å². The van der Waals surface area contributed by atoms with Crippen LogP contribution in [0.5, 0.6) is 0 Å². The van der Waals surface area contributed by atoms with E-state index in [1.807, 2.05) is 0 Å². The van der Waals surface area contributed by atoms with E-state index in [2.05, 4.69) is 20.3 Å². The number of rotatable bonds is 7. The van der Waals surface area contributed by atoms with Gasteiger partial charge in [-0.1, -0.05) is 12.1 Å². The molecule has 2 aromatic heterocycles. The number of aliphatic hydroxyl groups excluding tert-OH is 3. The quantitative estimate of drug-likeness (QED) is 0.363. The molecule has 4 N–H and O–H groups in total. The van der Waals surface area contributed by atoms with Gasteiger partial charge in [-0.3, -0.25) is 4.57 Å². The first-order valence-corrected chi connectivity index (χ1v) is 11.5. The van der Waals surface area contributed by atoms with Crippen LogP contribution in [-0.2, 0) is 16.1 Å². The summed E-state index contributed by atoms with van der Waals surface area (Å²) in [4.78, 5) is 12.9. The first kappa shape index (κ1) is 23.3. The Labute approximate surface area is 199 Å². The average Bonchev–Trinajstić information content (AvgIpc) is 3.52. The molecule has 1 aromatic carbocycles. The van der Waals surface area contributed by atoms with E-state index in [9.17, 15) is 19.7 Å². The Balaban J connectivity index is 1.35. The zero-order chi connectivity index (χ0) is 23.8. The first-order chi connectivity index (χ1) is 16.4. The Bertz CT molecular complexity index is 1150. The molecule has 3 heterocycles. The van der Waals surface area contributed by atoms with Crippen LogP contribution in [0.4, 0.5) is 10.2 Å². The highest BCUT2D eigenvalue weighted by atomic mass is 35.5. The predicted molar refractivity (Wildman–Crippen MR) is 120 cm³/mol. The molecular formula is C22H25ClFN5O5. The van der Waals surface area contributed by atoms with Crippen LogP contribution in [0.25, 0.3) is 11.2 Å². The van der Waals surface area contributed by atoms with Crippen LogP contribution in [0.1, 0.15) is 31.1 Å². The summed E-state index contributed by atoms with van der Waals surface area (Å²) in [6.07, 6.45) is -0.428. The number of aromatic nitrogens is 4. The number of nitrogens with one attached hydrogen (secondary N) is 1. The van der Waals surface area contributed by atoms with Crippen molar-refractivity contribution >= 4 is 28.6 Å². The van der Waals surface area contributed by atoms with Crippen LogP contribution in [0.15, 0.2) is 30.6 Å². The fourth-order valence-electron chi connectivity index (χ4n) is 4.54. The smallest absolute Gasteiger partial charge is 0.226 e. The average molecular weight is 494 g/mol. The maximum Gasteiger partial charge on any atom is 0.226 e. The van der Waals surface area contributed by atoms with Crippen LogP contribution < -0.4 is 5.32 Å². The molecule has 0 amide bonds.